The number of rotatable bonds is 3. The highest BCUT2D eigenvalue weighted by Gasteiger charge is 2.11. The van der Waals surface area contributed by atoms with E-state index in [1.807, 2.05) is 19.1 Å². The predicted molar refractivity (Wildman–Crippen MR) is 62.6 cm³/mol. The van der Waals surface area contributed by atoms with Gasteiger partial charge in [-0.05, 0) is 36.5 Å². The third-order valence-electron chi connectivity index (χ3n) is 2.28. The lowest BCUT2D eigenvalue weighted by atomic mass is 9.97. The molecule has 1 aromatic carbocycles. The van der Waals surface area contributed by atoms with E-state index in [-0.39, 0.29) is 6.04 Å². The largest absolute Gasteiger partial charge is 0.324 e. The van der Waals surface area contributed by atoms with Crippen molar-refractivity contribution in [3.05, 3.63) is 34.3 Å². The van der Waals surface area contributed by atoms with Crippen LogP contribution in [0.3, 0.4) is 0 Å². The molecule has 1 rings (SSSR count). The molecule has 0 saturated carbocycles. The van der Waals surface area contributed by atoms with Crippen LogP contribution in [0.2, 0.25) is 5.02 Å². The smallest absolute Gasteiger partial charge is 0.0456 e. The third-order valence-corrected chi connectivity index (χ3v) is 2.61. The first kappa shape index (κ1) is 11.5. The average molecular weight is 212 g/mol. The molecule has 0 radical (unpaired) electrons. The van der Waals surface area contributed by atoms with Gasteiger partial charge >= 0.3 is 0 Å². The monoisotopic (exact) mass is 211 g/mol. The molecule has 0 amide bonds. The minimum absolute atomic E-state index is 0.0584. The number of halogens is 1. The molecular formula is C12H18ClN. The SMILES string of the molecule is Cc1ccc(C(N)CC(C)C)c(Cl)c1. The van der Waals surface area contributed by atoms with Crippen molar-refractivity contribution in [3.8, 4) is 0 Å². The summed E-state index contributed by atoms with van der Waals surface area (Å²) in [4.78, 5) is 0. The van der Waals surface area contributed by atoms with Crippen molar-refractivity contribution in [2.75, 3.05) is 0 Å². The van der Waals surface area contributed by atoms with Crippen LogP contribution in [0.1, 0.15) is 37.4 Å². The summed E-state index contributed by atoms with van der Waals surface area (Å²) in [5.41, 5.74) is 8.30. The molecule has 1 aromatic rings. The molecule has 2 heteroatoms. The van der Waals surface area contributed by atoms with Gasteiger partial charge in [-0.25, -0.2) is 0 Å². The highest BCUT2D eigenvalue weighted by atomic mass is 35.5. The maximum Gasteiger partial charge on any atom is 0.0456 e. The highest BCUT2D eigenvalue weighted by molar-refractivity contribution is 6.31. The second-order valence-electron chi connectivity index (χ2n) is 4.26. The van der Waals surface area contributed by atoms with Crippen LogP contribution in [0.25, 0.3) is 0 Å². The van der Waals surface area contributed by atoms with Crippen LogP contribution in [-0.4, -0.2) is 0 Å². The van der Waals surface area contributed by atoms with Crippen LogP contribution in [0.5, 0.6) is 0 Å². The Morgan fingerprint density at radius 2 is 2.00 bits per heavy atom. The van der Waals surface area contributed by atoms with Crippen LogP contribution in [0.15, 0.2) is 18.2 Å². The second kappa shape index (κ2) is 4.81. The first-order chi connectivity index (χ1) is 6.50. The van der Waals surface area contributed by atoms with Gasteiger partial charge in [-0.1, -0.05) is 37.6 Å². The summed E-state index contributed by atoms with van der Waals surface area (Å²) in [6, 6.07) is 6.12. The summed E-state index contributed by atoms with van der Waals surface area (Å²) in [5.74, 6) is 0.599. The van der Waals surface area contributed by atoms with E-state index in [0.29, 0.717) is 5.92 Å². The Bertz CT molecular complexity index is 307. The predicted octanol–water partition coefficient (Wildman–Crippen LogP) is 3.69. The van der Waals surface area contributed by atoms with Gasteiger partial charge in [-0.2, -0.15) is 0 Å². The fraction of sp³-hybridized carbons (Fsp3) is 0.500. The Balaban J connectivity index is 2.84. The standard InChI is InChI=1S/C12H18ClN/c1-8(2)6-12(14)10-5-4-9(3)7-11(10)13/h4-5,7-8,12H,6,14H2,1-3H3. The summed E-state index contributed by atoms with van der Waals surface area (Å²) in [6.45, 7) is 6.37. The van der Waals surface area contributed by atoms with Gasteiger partial charge in [0.15, 0.2) is 0 Å². The molecule has 0 aliphatic rings. The van der Waals surface area contributed by atoms with E-state index in [0.717, 1.165) is 17.0 Å². The van der Waals surface area contributed by atoms with Crippen molar-refractivity contribution in [1.82, 2.24) is 0 Å². The van der Waals surface area contributed by atoms with E-state index >= 15 is 0 Å². The molecule has 0 bridgehead atoms. The van der Waals surface area contributed by atoms with E-state index in [1.54, 1.807) is 0 Å². The first-order valence-electron chi connectivity index (χ1n) is 5.02. The number of hydrogen-bond acceptors (Lipinski definition) is 1. The topological polar surface area (TPSA) is 26.0 Å². The van der Waals surface area contributed by atoms with Gasteiger partial charge in [0.2, 0.25) is 0 Å². The average Bonchev–Trinajstić information content (AvgIpc) is 2.01. The molecule has 0 heterocycles. The number of nitrogens with two attached hydrogens (primary N) is 1. The van der Waals surface area contributed by atoms with Gasteiger partial charge in [0, 0.05) is 11.1 Å². The zero-order valence-corrected chi connectivity index (χ0v) is 9.81. The Labute approximate surface area is 91.3 Å². The number of hydrogen-bond donors (Lipinski definition) is 1. The Hall–Kier alpha value is -0.530. The van der Waals surface area contributed by atoms with E-state index < -0.39 is 0 Å². The van der Waals surface area contributed by atoms with Crippen LogP contribution in [0, 0.1) is 12.8 Å². The number of aryl methyl sites for hydroxylation is 1. The third kappa shape index (κ3) is 3.00. The minimum atomic E-state index is 0.0584. The molecule has 0 spiro atoms. The molecule has 0 fully saturated rings. The fourth-order valence-corrected chi connectivity index (χ4v) is 1.94. The molecule has 2 N–H and O–H groups in total. The van der Waals surface area contributed by atoms with Crippen molar-refractivity contribution in [3.63, 3.8) is 0 Å². The maximum absolute atomic E-state index is 6.13. The van der Waals surface area contributed by atoms with Crippen molar-refractivity contribution in [2.45, 2.75) is 33.2 Å². The van der Waals surface area contributed by atoms with Gasteiger partial charge in [0.05, 0.1) is 0 Å². The molecule has 14 heavy (non-hydrogen) atoms. The Morgan fingerprint density at radius 1 is 1.36 bits per heavy atom. The Morgan fingerprint density at radius 3 is 2.50 bits per heavy atom. The fourth-order valence-electron chi connectivity index (χ4n) is 1.57. The Kier molecular flexibility index (Phi) is 3.97. The molecule has 0 aliphatic heterocycles. The van der Waals surface area contributed by atoms with Crippen LogP contribution in [-0.2, 0) is 0 Å². The van der Waals surface area contributed by atoms with Gasteiger partial charge in [0.25, 0.3) is 0 Å². The van der Waals surface area contributed by atoms with E-state index in [4.69, 9.17) is 17.3 Å². The lowest BCUT2D eigenvalue weighted by Gasteiger charge is -2.16. The quantitative estimate of drug-likeness (QED) is 0.811. The van der Waals surface area contributed by atoms with E-state index in [2.05, 4.69) is 19.9 Å². The molecule has 0 aromatic heterocycles. The lowest BCUT2D eigenvalue weighted by Crippen LogP contribution is -2.13. The normalized spacial score (nSPS) is 13.3. The maximum atomic E-state index is 6.13. The molecule has 1 nitrogen and oxygen atoms in total. The van der Waals surface area contributed by atoms with E-state index in [9.17, 15) is 0 Å². The highest BCUT2D eigenvalue weighted by Crippen LogP contribution is 2.26. The van der Waals surface area contributed by atoms with Gasteiger partial charge < -0.3 is 5.73 Å². The summed E-state index contributed by atoms with van der Waals surface area (Å²) in [7, 11) is 0. The van der Waals surface area contributed by atoms with Crippen LogP contribution in [0.4, 0.5) is 0 Å². The van der Waals surface area contributed by atoms with E-state index in [1.165, 1.54) is 5.56 Å². The summed E-state index contributed by atoms with van der Waals surface area (Å²) < 4.78 is 0. The zero-order chi connectivity index (χ0) is 10.7. The molecule has 0 saturated heterocycles. The molecule has 78 valence electrons. The van der Waals surface area contributed by atoms with Gasteiger partial charge in [-0.3, -0.25) is 0 Å². The first-order valence-corrected chi connectivity index (χ1v) is 5.40. The summed E-state index contributed by atoms with van der Waals surface area (Å²) in [5, 5.41) is 0.790. The van der Waals surface area contributed by atoms with Crippen LogP contribution < -0.4 is 5.73 Å². The van der Waals surface area contributed by atoms with Gasteiger partial charge in [0.1, 0.15) is 0 Å². The summed E-state index contributed by atoms with van der Waals surface area (Å²) >= 11 is 6.13. The lowest BCUT2D eigenvalue weighted by molar-refractivity contribution is 0.510. The van der Waals surface area contributed by atoms with Crippen molar-refractivity contribution in [1.29, 1.82) is 0 Å². The number of benzene rings is 1. The zero-order valence-electron chi connectivity index (χ0n) is 9.05. The molecule has 1 atom stereocenters. The molecule has 1 unspecified atom stereocenters. The van der Waals surface area contributed by atoms with Crippen molar-refractivity contribution in [2.24, 2.45) is 11.7 Å². The minimum Gasteiger partial charge on any atom is -0.324 e. The second-order valence-corrected chi connectivity index (χ2v) is 4.67. The van der Waals surface area contributed by atoms with Crippen molar-refractivity contribution >= 4 is 11.6 Å². The molecular weight excluding hydrogens is 194 g/mol. The van der Waals surface area contributed by atoms with Crippen molar-refractivity contribution < 1.29 is 0 Å². The summed E-state index contributed by atoms with van der Waals surface area (Å²) in [6.07, 6.45) is 0.975. The van der Waals surface area contributed by atoms with Crippen LogP contribution >= 0.6 is 11.6 Å². The molecule has 0 aliphatic carbocycles. The van der Waals surface area contributed by atoms with Gasteiger partial charge in [-0.15, -0.1) is 0 Å².